The topological polar surface area (TPSA) is 73.0 Å². The van der Waals surface area contributed by atoms with Gasteiger partial charge in [-0.15, -0.1) is 11.3 Å². The van der Waals surface area contributed by atoms with Crippen molar-refractivity contribution in [2.45, 2.75) is 31.1 Å². The summed E-state index contributed by atoms with van der Waals surface area (Å²) in [6, 6.07) is 1.56. The highest BCUT2D eigenvalue weighted by molar-refractivity contribution is 7.89. The Balaban J connectivity index is 2.16. The van der Waals surface area contributed by atoms with Gasteiger partial charge in [0.05, 0.1) is 10.7 Å². The molecule has 122 valence electrons. The highest BCUT2D eigenvalue weighted by Gasteiger charge is 2.25. The molecule has 1 aliphatic carbocycles. The number of nitrogens with zero attached hydrogens (tertiary/aromatic N) is 1. The predicted molar refractivity (Wildman–Crippen MR) is 85.2 cm³/mol. The Kier molecular flexibility index (Phi) is 4.07. The quantitative estimate of drug-likeness (QED) is 0.915. The van der Waals surface area contributed by atoms with Crippen LogP contribution in [0.2, 0.25) is 0 Å². The number of benzene rings is 1. The van der Waals surface area contributed by atoms with Gasteiger partial charge < -0.3 is 0 Å². The van der Waals surface area contributed by atoms with Gasteiger partial charge >= 0.3 is 0 Å². The van der Waals surface area contributed by atoms with Crippen LogP contribution in [0.5, 0.6) is 0 Å². The van der Waals surface area contributed by atoms with E-state index < -0.39 is 26.6 Å². The van der Waals surface area contributed by atoms with Gasteiger partial charge in [0.1, 0.15) is 16.5 Å². The number of halogens is 2. The summed E-state index contributed by atoms with van der Waals surface area (Å²) < 4.78 is 51.0. The van der Waals surface area contributed by atoms with Crippen molar-refractivity contribution < 1.29 is 17.2 Å². The highest BCUT2D eigenvalue weighted by atomic mass is 32.2. The van der Waals surface area contributed by atoms with Gasteiger partial charge in [0, 0.05) is 10.9 Å². The summed E-state index contributed by atoms with van der Waals surface area (Å²) in [5, 5.41) is 7.69. The molecule has 1 aliphatic rings. The second-order valence-corrected chi connectivity index (χ2v) is 7.96. The maximum atomic E-state index is 14.4. The molecule has 2 N–H and O–H groups in total. The van der Waals surface area contributed by atoms with E-state index in [0.29, 0.717) is 18.1 Å². The van der Waals surface area contributed by atoms with E-state index in [4.69, 9.17) is 5.14 Å². The van der Waals surface area contributed by atoms with Gasteiger partial charge in [-0.3, -0.25) is 0 Å². The molecule has 8 heteroatoms. The number of aryl methyl sites for hydroxylation is 1. The maximum absolute atomic E-state index is 14.4. The van der Waals surface area contributed by atoms with E-state index in [-0.39, 0.29) is 5.56 Å². The zero-order chi connectivity index (χ0) is 16.8. The number of primary sulfonamides is 1. The fourth-order valence-electron chi connectivity index (χ4n) is 2.80. The number of sulfonamides is 1. The van der Waals surface area contributed by atoms with E-state index in [1.54, 1.807) is 0 Å². The van der Waals surface area contributed by atoms with Crippen molar-refractivity contribution in [3.05, 3.63) is 45.4 Å². The largest absolute Gasteiger partial charge is 0.242 e. The summed E-state index contributed by atoms with van der Waals surface area (Å²) >= 11 is 1.49. The van der Waals surface area contributed by atoms with Gasteiger partial charge in [-0.05, 0) is 49.5 Å². The van der Waals surface area contributed by atoms with E-state index >= 15 is 0 Å². The molecule has 0 atom stereocenters. The van der Waals surface area contributed by atoms with E-state index in [2.05, 4.69) is 4.98 Å². The average molecular weight is 356 g/mol. The van der Waals surface area contributed by atoms with Crippen molar-refractivity contribution in [1.82, 2.24) is 4.98 Å². The predicted octanol–water partition coefficient (Wildman–Crippen LogP) is 3.47. The highest BCUT2D eigenvalue weighted by Crippen LogP contribution is 2.41. The van der Waals surface area contributed by atoms with Crippen LogP contribution < -0.4 is 5.14 Å². The Hall–Kier alpha value is -1.64. The summed E-state index contributed by atoms with van der Waals surface area (Å²) in [4.78, 5) is 3.58. The van der Waals surface area contributed by atoms with Crippen molar-refractivity contribution in [3.63, 3.8) is 0 Å². The first-order chi connectivity index (χ1) is 10.8. The van der Waals surface area contributed by atoms with E-state index in [0.717, 1.165) is 35.2 Å². The Morgan fingerprint density at radius 2 is 1.87 bits per heavy atom. The molecule has 0 unspecified atom stereocenters. The first-order valence-corrected chi connectivity index (χ1v) is 9.36. The van der Waals surface area contributed by atoms with Gasteiger partial charge in [-0.25, -0.2) is 27.3 Å². The summed E-state index contributed by atoms with van der Waals surface area (Å²) in [7, 11) is -4.30. The Bertz CT molecular complexity index is 918. The van der Waals surface area contributed by atoms with Crippen molar-refractivity contribution >= 4 is 32.5 Å². The van der Waals surface area contributed by atoms with Crippen LogP contribution in [0.1, 0.15) is 35.5 Å². The van der Waals surface area contributed by atoms with Gasteiger partial charge in [0.15, 0.2) is 0 Å². The molecule has 0 spiro atoms. The third-order valence-electron chi connectivity index (χ3n) is 3.80. The number of rotatable bonds is 3. The van der Waals surface area contributed by atoms with E-state index in [9.17, 15) is 17.2 Å². The van der Waals surface area contributed by atoms with Crippen LogP contribution in [0, 0.1) is 18.6 Å². The molecule has 1 aromatic heterocycles. The first-order valence-electron chi connectivity index (χ1n) is 6.94. The average Bonchev–Trinajstić information content (AvgIpc) is 3.08. The SMILES string of the molecule is Cc1nc(C2=C(c3cc(F)c(S(N)(=O)=O)cc3F)CCC2)cs1. The first kappa shape index (κ1) is 16.2. The fourth-order valence-corrected chi connectivity index (χ4v) is 4.03. The van der Waals surface area contributed by atoms with E-state index in [1.165, 1.54) is 11.3 Å². The number of nitrogens with two attached hydrogens (primary N) is 1. The molecule has 2 aromatic rings. The number of allylic oxidation sites excluding steroid dienone is 2. The van der Waals surface area contributed by atoms with Crippen LogP contribution in [0.4, 0.5) is 8.78 Å². The van der Waals surface area contributed by atoms with Gasteiger partial charge in [0.2, 0.25) is 10.0 Å². The minimum Gasteiger partial charge on any atom is -0.242 e. The minimum absolute atomic E-state index is 0.0769. The number of thiazole rings is 1. The van der Waals surface area contributed by atoms with E-state index in [1.807, 2.05) is 12.3 Å². The molecule has 23 heavy (non-hydrogen) atoms. The lowest BCUT2D eigenvalue weighted by Crippen LogP contribution is -2.15. The molecule has 0 fully saturated rings. The van der Waals surface area contributed by atoms with Crippen LogP contribution in [-0.2, 0) is 10.0 Å². The molecule has 0 saturated carbocycles. The lowest BCUT2D eigenvalue weighted by atomic mass is 10.00. The smallest absolute Gasteiger partial charge is 0.241 e. The standard InChI is InChI=1S/C15H14F2N2O2S2/c1-8-19-14(7-22-8)10-4-2-3-9(10)11-5-13(17)15(6-12(11)16)23(18,20)21/h5-7H,2-4H2,1H3,(H2,18,20,21). The Morgan fingerprint density at radius 3 is 2.48 bits per heavy atom. The fraction of sp³-hybridized carbons (Fsp3) is 0.267. The molecule has 0 saturated heterocycles. The maximum Gasteiger partial charge on any atom is 0.241 e. The summed E-state index contributed by atoms with van der Waals surface area (Å²) in [6.45, 7) is 1.88. The van der Waals surface area contributed by atoms with Crippen LogP contribution in [0.15, 0.2) is 22.4 Å². The monoisotopic (exact) mass is 356 g/mol. The van der Waals surface area contributed by atoms with Gasteiger partial charge in [-0.2, -0.15) is 0 Å². The Morgan fingerprint density at radius 1 is 1.17 bits per heavy atom. The minimum atomic E-state index is -4.30. The Labute approximate surface area is 136 Å². The van der Waals surface area contributed by atoms with Gasteiger partial charge in [0.25, 0.3) is 0 Å². The molecular weight excluding hydrogens is 342 g/mol. The summed E-state index contributed by atoms with van der Waals surface area (Å²) in [5.41, 5.74) is 2.41. The summed E-state index contributed by atoms with van der Waals surface area (Å²) in [5.74, 6) is -1.84. The number of hydrogen-bond donors (Lipinski definition) is 1. The second-order valence-electron chi connectivity index (χ2n) is 5.37. The molecule has 3 rings (SSSR count). The molecule has 1 heterocycles. The van der Waals surface area contributed by atoms with Crippen LogP contribution in [0.25, 0.3) is 11.1 Å². The number of hydrogen-bond acceptors (Lipinski definition) is 4. The van der Waals surface area contributed by atoms with Crippen LogP contribution >= 0.6 is 11.3 Å². The molecule has 4 nitrogen and oxygen atoms in total. The zero-order valence-corrected chi connectivity index (χ0v) is 13.9. The second kappa shape index (κ2) is 5.77. The lowest BCUT2D eigenvalue weighted by molar-refractivity contribution is 0.552. The molecule has 1 aromatic carbocycles. The third kappa shape index (κ3) is 3.06. The molecular formula is C15H14F2N2O2S2. The molecule has 0 amide bonds. The lowest BCUT2D eigenvalue weighted by Gasteiger charge is -2.10. The molecule has 0 bridgehead atoms. The molecule has 0 aliphatic heterocycles. The molecule has 0 radical (unpaired) electrons. The normalized spacial score (nSPS) is 15.5. The third-order valence-corrected chi connectivity index (χ3v) is 5.50. The van der Waals surface area contributed by atoms with Crippen LogP contribution in [0.3, 0.4) is 0 Å². The summed E-state index contributed by atoms with van der Waals surface area (Å²) in [6.07, 6.45) is 2.15. The van der Waals surface area contributed by atoms with Crippen LogP contribution in [-0.4, -0.2) is 13.4 Å². The number of aromatic nitrogens is 1. The van der Waals surface area contributed by atoms with Crippen molar-refractivity contribution in [3.8, 4) is 0 Å². The zero-order valence-electron chi connectivity index (χ0n) is 12.3. The van der Waals surface area contributed by atoms with Gasteiger partial charge in [-0.1, -0.05) is 0 Å². The van der Waals surface area contributed by atoms with Crippen molar-refractivity contribution in [2.24, 2.45) is 5.14 Å². The van der Waals surface area contributed by atoms with Crippen molar-refractivity contribution in [1.29, 1.82) is 0 Å². The van der Waals surface area contributed by atoms with Crippen molar-refractivity contribution in [2.75, 3.05) is 0 Å².